The van der Waals surface area contributed by atoms with Crippen molar-refractivity contribution < 1.29 is 9.23 Å². The molecular weight excluding hydrogens is 97.0 g/mol. The van der Waals surface area contributed by atoms with E-state index in [9.17, 15) is 4.39 Å². The minimum absolute atomic E-state index is 0.328. The van der Waals surface area contributed by atoms with Crippen LogP contribution in [0.5, 0.6) is 0 Å². The molecule has 0 amide bonds. The summed E-state index contributed by atoms with van der Waals surface area (Å²) in [6.45, 7) is 0. The fourth-order valence-electron chi connectivity index (χ4n) is 0.277. The van der Waals surface area contributed by atoms with Crippen molar-refractivity contribution >= 4 is 0 Å². The molecule has 0 atom stereocenters. The van der Waals surface area contributed by atoms with Gasteiger partial charge in [0.05, 0.1) is 6.20 Å². The molecule has 3 heteroatoms. The number of allylic oxidation sites excluding steroid dienone is 2. The normalized spacial score (nSPS) is 17.0. The number of nitrogens with one attached hydrogen (secondary N) is 1. The van der Waals surface area contributed by atoms with Gasteiger partial charge in [-0.15, -0.1) is 0 Å². The molecule has 1 N–H and O–H groups in total. The smallest absolute Gasteiger partial charge is 0.145 e. The molecule has 0 radical (unpaired) electrons. The van der Waals surface area contributed by atoms with Gasteiger partial charge >= 0.3 is 0 Å². The van der Waals surface area contributed by atoms with Crippen LogP contribution in [0, 0.1) is 0 Å². The van der Waals surface area contributed by atoms with Crippen LogP contribution in [0.1, 0.15) is 0 Å². The van der Waals surface area contributed by atoms with E-state index in [-0.39, 0.29) is 5.83 Å². The molecule has 0 spiro atoms. The maximum absolute atomic E-state index is 11.8. The molecule has 1 aliphatic rings. The highest BCUT2D eigenvalue weighted by Gasteiger charge is 1.89. The highest BCUT2D eigenvalue weighted by Crippen LogP contribution is 1.98. The van der Waals surface area contributed by atoms with Crippen LogP contribution in [-0.4, -0.2) is 0 Å². The Morgan fingerprint density at radius 2 is 2.57 bits per heavy atom. The van der Waals surface area contributed by atoms with E-state index in [1.165, 1.54) is 12.3 Å². The molecule has 0 aromatic carbocycles. The van der Waals surface area contributed by atoms with Crippen molar-refractivity contribution in [3.8, 4) is 0 Å². The summed E-state index contributed by atoms with van der Waals surface area (Å²) in [5, 5.41) is 0. The van der Waals surface area contributed by atoms with E-state index >= 15 is 0 Å². The highest BCUT2D eigenvalue weighted by molar-refractivity contribution is 5.09. The standard InChI is InChI=1S/C4H4FNO/c5-4-1-2-7-6-3-4/h1-3,6H. The summed E-state index contributed by atoms with van der Waals surface area (Å²) < 4.78 is 11.8. The van der Waals surface area contributed by atoms with Crippen molar-refractivity contribution in [1.29, 1.82) is 0 Å². The summed E-state index contributed by atoms with van der Waals surface area (Å²) in [4.78, 5) is 4.39. The second kappa shape index (κ2) is 1.64. The third-order valence-corrected chi connectivity index (χ3v) is 0.560. The number of halogens is 1. The van der Waals surface area contributed by atoms with Crippen molar-refractivity contribution in [2.24, 2.45) is 0 Å². The first-order chi connectivity index (χ1) is 3.39. The van der Waals surface area contributed by atoms with E-state index in [0.717, 1.165) is 6.20 Å². The van der Waals surface area contributed by atoms with Crippen molar-refractivity contribution in [3.63, 3.8) is 0 Å². The molecule has 0 fully saturated rings. The van der Waals surface area contributed by atoms with Gasteiger partial charge in [0.15, 0.2) is 0 Å². The molecule has 1 aliphatic heterocycles. The van der Waals surface area contributed by atoms with Gasteiger partial charge < -0.3 is 4.84 Å². The average Bonchev–Trinajstić information content (AvgIpc) is 1.69. The molecule has 0 saturated heterocycles. The number of hydrogen-bond donors (Lipinski definition) is 1. The summed E-state index contributed by atoms with van der Waals surface area (Å²) in [6, 6.07) is 0. The molecule has 1 rings (SSSR count). The predicted octanol–water partition coefficient (Wildman–Crippen LogP) is 0.846. The van der Waals surface area contributed by atoms with Gasteiger partial charge in [0.2, 0.25) is 0 Å². The maximum atomic E-state index is 11.8. The van der Waals surface area contributed by atoms with Gasteiger partial charge in [-0.2, -0.15) is 0 Å². The third-order valence-electron chi connectivity index (χ3n) is 0.560. The van der Waals surface area contributed by atoms with E-state index in [0.29, 0.717) is 0 Å². The predicted molar refractivity (Wildman–Crippen MR) is 22.6 cm³/mol. The molecule has 0 aliphatic carbocycles. The van der Waals surface area contributed by atoms with Gasteiger partial charge in [-0.3, -0.25) is 0 Å². The van der Waals surface area contributed by atoms with Crippen LogP contribution in [0.2, 0.25) is 0 Å². The number of hydroxylamine groups is 1. The molecule has 0 unspecified atom stereocenters. The number of rotatable bonds is 0. The first-order valence-corrected chi connectivity index (χ1v) is 1.83. The van der Waals surface area contributed by atoms with E-state index < -0.39 is 0 Å². The Labute approximate surface area is 40.2 Å². The van der Waals surface area contributed by atoms with Crippen LogP contribution in [0.25, 0.3) is 0 Å². The zero-order chi connectivity index (χ0) is 5.11. The second-order valence-corrected chi connectivity index (χ2v) is 1.07. The van der Waals surface area contributed by atoms with Crippen molar-refractivity contribution in [2.45, 2.75) is 0 Å². The Bertz CT molecular complexity index is 119. The van der Waals surface area contributed by atoms with Crippen LogP contribution < -0.4 is 5.48 Å². The molecule has 7 heavy (non-hydrogen) atoms. The monoisotopic (exact) mass is 101 g/mol. The SMILES string of the molecule is FC1=CNOC=C1. The Morgan fingerprint density at radius 3 is 2.86 bits per heavy atom. The summed E-state index contributed by atoms with van der Waals surface area (Å²) in [5.41, 5.74) is 2.21. The van der Waals surface area contributed by atoms with Crippen LogP contribution in [0.15, 0.2) is 24.4 Å². The first kappa shape index (κ1) is 4.18. The van der Waals surface area contributed by atoms with Crippen molar-refractivity contribution in [3.05, 3.63) is 24.4 Å². The molecule has 1 heterocycles. The van der Waals surface area contributed by atoms with Crippen molar-refractivity contribution in [1.82, 2.24) is 5.48 Å². The summed E-state index contributed by atoms with van der Waals surface area (Å²) in [5.74, 6) is -0.328. The zero-order valence-electron chi connectivity index (χ0n) is 3.52. The molecule has 38 valence electrons. The van der Waals surface area contributed by atoms with Gasteiger partial charge in [0.1, 0.15) is 12.1 Å². The van der Waals surface area contributed by atoms with E-state index in [1.807, 2.05) is 0 Å². The third kappa shape index (κ3) is 0.924. The fourth-order valence-corrected chi connectivity index (χ4v) is 0.277. The van der Waals surface area contributed by atoms with Crippen LogP contribution >= 0.6 is 0 Å². The van der Waals surface area contributed by atoms with E-state index in [2.05, 4.69) is 10.3 Å². The second-order valence-electron chi connectivity index (χ2n) is 1.07. The van der Waals surface area contributed by atoms with Gasteiger partial charge in [-0.05, 0) is 0 Å². The lowest BCUT2D eigenvalue weighted by Gasteiger charge is -2.00. The minimum Gasteiger partial charge on any atom is -0.390 e. The molecule has 0 saturated carbocycles. The lowest BCUT2D eigenvalue weighted by molar-refractivity contribution is 0.167. The van der Waals surface area contributed by atoms with Crippen LogP contribution in [-0.2, 0) is 4.84 Å². The summed E-state index contributed by atoms with van der Waals surface area (Å²) in [7, 11) is 0. The largest absolute Gasteiger partial charge is 0.390 e. The lowest BCUT2D eigenvalue weighted by Crippen LogP contribution is -2.04. The van der Waals surface area contributed by atoms with Crippen LogP contribution in [0.4, 0.5) is 4.39 Å². The van der Waals surface area contributed by atoms with E-state index in [4.69, 9.17) is 0 Å². The molecule has 2 nitrogen and oxygen atoms in total. The molecule has 0 aromatic heterocycles. The van der Waals surface area contributed by atoms with Gasteiger partial charge in [-0.25, -0.2) is 9.87 Å². The van der Waals surface area contributed by atoms with Crippen LogP contribution in [0.3, 0.4) is 0 Å². The fraction of sp³-hybridized carbons (Fsp3) is 0. The summed E-state index contributed by atoms with van der Waals surface area (Å²) >= 11 is 0. The highest BCUT2D eigenvalue weighted by atomic mass is 19.1. The topological polar surface area (TPSA) is 21.3 Å². The van der Waals surface area contributed by atoms with Gasteiger partial charge in [0.25, 0.3) is 0 Å². The molecule has 0 aromatic rings. The van der Waals surface area contributed by atoms with Gasteiger partial charge in [-0.1, -0.05) is 0 Å². The Kier molecular flexibility index (Phi) is 0.978. The van der Waals surface area contributed by atoms with Crippen molar-refractivity contribution in [2.75, 3.05) is 0 Å². The Hall–Kier alpha value is -0.990. The Morgan fingerprint density at radius 1 is 1.71 bits per heavy atom. The maximum Gasteiger partial charge on any atom is 0.145 e. The first-order valence-electron chi connectivity index (χ1n) is 1.83. The van der Waals surface area contributed by atoms with Gasteiger partial charge in [0, 0.05) is 6.08 Å². The Balaban J connectivity index is 2.58. The average molecular weight is 101 g/mol. The number of hydrogen-bond acceptors (Lipinski definition) is 2. The minimum atomic E-state index is -0.328. The molecular formula is C4H4FNO. The molecule has 0 bridgehead atoms. The summed E-state index contributed by atoms with van der Waals surface area (Å²) in [6.07, 6.45) is 3.58. The van der Waals surface area contributed by atoms with E-state index in [1.54, 1.807) is 0 Å². The zero-order valence-corrected chi connectivity index (χ0v) is 3.52. The quantitative estimate of drug-likeness (QED) is 0.488. The lowest BCUT2D eigenvalue weighted by atomic mass is 10.5.